The molecule has 0 spiro atoms. The minimum Gasteiger partial charge on any atom is -0.354 e. The normalized spacial score (nSPS) is 13.7. The first-order valence-electron chi connectivity index (χ1n) is 12.5. The minimum absolute atomic E-state index is 0.182. The molecule has 1 saturated heterocycles. The van der Waals surface area contributed by atoms with E-state index in [1.807, 2.05) is 49.4 Å². The van der Waals surface area contributed by atoms with Crippen molar-refractivity contribution in [2.45, 2.75) is 13.5 Å². The summed E-state index contributed by atoms with van der Waals surface area (Å²) in [5.41, 5.74) is 6.20. The van der Waals surface area contributed by atoms with Crippen LogP contribution in [0, 0.1) is 18.3 Å². The number of amides is 1. The van der Waals surface area contributed by atoms with Crippen LogP contribution in [0.15, 0.2) is 91.1 Å². The third-order valence-corrected chi connectivity index (χ3v) is 6.78. The van der Waals surface area contributed by atoms with E-state index in [0.29, 0.717) is 16.8 Å². The smallest absolute Gasteiger partial charge is 0.255 e. The van der Waals surface area contributed by atoms with Gasteiger partial charge in [0.25, 0.3) is 5.91 Å². The largest absolute Gasteiger partial charge is 0.354 e. The van der Waals surface area contributed by atoms with Crippen LogP contribution in [0.2, 0.25) is 0 Å². The summed E-state index contributed by atoms with van der Waals surface area (Å²) in [5.74, 6) is 0.745. The van der Waals surface area contributed by atoms with E-state index in [9.17, 15) is 4.79 Å². The number of pyridine rings is 1. The zero-order chi connectivity index (χ0) is 25.6. The number of aryl methyl sites for hydroxylation is 1. The molecule has 0 aliphatic carbocycles. The van der Waals surface area contributed by atoms with Gasteiger partial charge in [0.05, 0.1) is 23.5 Å². The third kappa shape index (κ3) is 5.85. The molecule has 1 N–H and O–H groups in total. The zero-order valence-corrected chi connectivity index (χ0v) is 20.9. The lowest BCUT2D eigenvalue weighted by Crippen LogP contribution is -2.46. The molecule has 6 nitrogen and oxygen atoms in total. The highest BCUT2D eigenvalue weighted by Gasteiger charge is 2.18. The summed E-state index contributed by atoms with van der Waals surface area (Å²) in [4.78, 5) is 22.4. The molecular formula is C31H29N5O. The van der Waals surface area contributed by atoms with Crippen LogP contribution in [0.25, 0.3) is 11.1 Å². The van der Waals surface area contributed by atoms with Crippen molar-refractivity contribution >= 4 is 17.4 Å². The number of nitrogens with zero attached hydrogens (tertiary/aromatic N) is 4. The molecule has 1 aromatic heterocycles. The molecule has 6 heteroatoms. The fourth-order valence-corrected chi connectivity index (χ4v) is 4.63. The first-order valence-corrected chi connectivity index (χ1v) is 12.5. The van der Waals surface area contributed by atoms with Gasteiger partial charge in [0.15, 0.2) is 0 Å². The molecule has 2 heterocycles. The van der Waals surface area contributed by atoms with Gasteiger partial charge in [-0.15, -0.1) is 0 Å². The van der Waals surface area contributed by atoms with Crippen LogP contribution >= 0.6 is 0 Å². The molecule has 1 fully saturated rings. The van der Waals surface area contributed by atoms with E-state index in [1.54, 1.807) is 18.3 Å². The Morgan fingerprint density at radius 2 is 1.70 bits per heavy atom. The number of aromatic nitrogens is 1. The van der Waals surface area contributed by atoms with Gasteiger partial charge in [0.2, 0.25) is 0 Å². The molecule has 1 amide bonds. The number of anilines is 2. The van der Waals surface area contributed by atoms with Gasteiger partial charge in [-0.05, 0) is 65.6 Å². The first kappa shape index (κ1) is 24.2. The number of nitriles is 1. The van der Waals surface area contributed by atoms with E-state index in [-0.39, 0.29) is 5.91 Å². The highest BCUT2D eigenvalue weighted by Crippen LogP contribution is 2.26. The molecule has 4 aromatic rings. The number of piperazine rings is 1. The van der Waals surface area contributed by atoms with Crippen LogP contribution in [0.5, 0.6) is 0 Å². The molecule has 3 aromatic carbocycles. The predicted molar refractivity (Wildman–Crippen MR) is 147 cm³/mol. The molecule has 0 atom stereocenters. The quantitative estimate of drug-likeness (QED) is 0.389. The number of benzene rings is 3. The molecule has 0 unspecified atom stereocenters. The van der Waals surface area contributed by atoms with Gasteiger partial charge >= 0.3 is 0 Å². The SMILES string of the molecule is Cc1ccc(C(=O)Nc2ccc(N3CCN(Cc4ccccc4)CC3)nc2)cc1-c1ccc(C#N)cc1. The van der Waals surface area contributed by atoms with Crippen LogP contribution in [-0.4, -0.2) is 42.0 Å². The van der Waals surface area contributed by atoms with Gasteiger partial charge in [0.1, 0.15) is 5.82 Å². The summed E-state index contributed by atoms with van der Waals surface area (Å²) in [5, 5.41) is 12.0. The van der Waals surface area contributed by atoms with Crippen molar-refractivity contribution in [1.29, 1.82) is 5.26 Å². The Bertz CT molecular complexity index is 1400. The summed E-state index contributed by atoms with van der Waals surface area (Å²) in [6, 6.07) is 29.6. The van der Waals surface area contributed by atoms with Crippen LogP contribution in [0.3, 0.4) is 0 Å². The molecule has 1 aliphatic rings. The van der Waals surface area contributed by atoms with Gasteiger partial charge in [-0.25, -0.2) is 4.98 Å². The molecule has 184 valence electrons. The third-order valence-electron chi connectivity index (χ3n) is 6.78. The highest BCUT2D eigenvalue weighted by atomic mass is 16.1. The van der Waals surface area contributed by atoms with Crippen LogP contribution in [0.4, 0.5) is 11.5 Å². The van der Waals surface area contributed by atoms with Crippen molar-refractivity contribution in [1.82, 2.24) is 9.88 Å². The fraction of sp³-hybridized carbons (Fsp3) is 0.194. The summed E-state index contributed by atoms with van der Waals surface area (Å²) in [7, 11) is 0. The maximum atomic E-state index is 13.0. The second kappa shape index (κ2) is 11.1. The van der Waals surface area contributed by atoms with Crippen molar-refractivity contribution in [3.05, 3.63) is 113 Å². The van der Waals surface area contributed by atoms with E-state index in [4.69, 9.17) is 5.26 Å². The van der Waals surface area contributed by atoms with E-state index < -0.39 is 0 Å². The molecule has 0 bridgehead atoms. The Morgan fingerprint density at radius 1 is 0.946 bits per heavy atom. The average molecular weight is 488 g/mol. The number of carbonyl (C=O) groups excluding carboxylic acids is 1. The highest BCUT2D eigenvalue weighted by molar-refractivity contribution is 6.05. The van der Waals surface area contributed by atoms with E-state index in [1.165, 1.54) is 5.56 Å². The van der Waals surface area contributed by atoms with Crippen LogP contribution in [0.1, 0.15) is 27.0 Å². The molecule has 0 radical (unpaired) electrons. The van der Waals surface area contributed by atoms with Gasteiger partial charge in [0, 0.05) is 38.3 Å². The lowest BCUT2D eigenvalue weighted by Gasteiger charge is -2.35. The Morgan fingerprint density at radius 3 is 2.38 bits per heavy atom. The maximum absolute atomic E-state index is 13.0. The van der Waals surface area contributed by atoms with Gasteiger partial charge in [-0.2, -0.15) is 5.26 Å². The first-order chi connectivity index (χ1) is 18.1. The predicted octanol–water partition coefficient (Wildman–Crippen LogP) is 5.50. The molecule has 5 rings (SSSR count). The van der Waals surface area contributed by atoms with Crippen LogP contribution in [-0.2, 0) is 6.54 Å². The fourth-order valence-electron chi connectivity index (χ4n) is 4.63. The lowest BCUT2D eigenvalue weighted by atomic mass is 9.97. The second-order valence-corrected chi connectivity index (χ2v) is 9.33. The average Bonchev–Trinajstić information content (AvgIpc) is 2.95. The van der Waals surface area contributed by atoms with Gasteiger partial charge in [-0.3, -0.25) is 9.69 Å². The van der Waals surface area contributed by atoms with E-state index >= 15 is 0 Å². The van der Waals surface area contributed by atoms with Crippen molar-refractivity contribution in [3.63, 3.8) is 0 Å². The monoisotopic (exact) mass is 487 g/mol. The summed E-state index contributed by atoms with van der Waals surface area (Å²) in [6.45, 7) is 6.81. The molecule has 1 aliphatic heterocycles. The van der Waals surface area contributed by atoms with Gasteiger partial charge in [-0.1, -0.05) is 48.5 Å². The van der Waals surface area contributed by atoms with Crippen LogP contribution < -0.4 is 10.2 Å². The Kier molecular flexibility index (Phi) is 7.25. The number of carbonyl (C=O) groups is 1. The Hall–Kier alpha value is -4.47. The van der Waals surface area contributed by atoms with E-state index in [2.05, 4.69) is 56.5 Å². The zero-order valence-electron chi connectivity index (χ0n) is 20.9. The number of nitrogens with one attached hydrogen (secondary N) is 1. The van der Waals surface area contributed by atoms with Crippen molar-refractivity contribution < 1.29 is 4.79 Å². The molecule has 37 heavy (non-hydrogen) atoms. The summed E-state index contributed by atoms with van der Waals surface area (Å²) >= 11 is 0. The summed E-state index contributed by atoms with van der Waals surface area (Å²) < 4.78 is 0. The van der Waals surface area contributed by atoms with Gasteiger partial charge < -0.3 is 10.2 Å². The van der Waals surface area contributed by atoms with Crippen molar-refractivity contribution in [3.8, 4) is 17.2 Å². The van der Waals surface area contributed by atoms with E-state index in [0.717, 1.165) is 55.2 Å². The standard InChI is InChI=1S/C31H29N5O/c1-23-7-10-27(19-29(23)26-11-8-24(20-32)9-12-26)31(37)34-28-13-14-30(33-21-28)36-17-15-35(16-18-36)22-25-5-3-2-4-6-25/h2-14,19,21H,15-18,22H2,1H3,(H,34,37). The summed E-state index contributed by atoms with van der Waals surface area (Å²) in [6.07, 6.45) is 1.72. The Balaban J connectivity index is 1.20. The number of rotatable bonds is 6. The van der Waals surface area contributed by atoms with Crippen molar-refractivity contribution in [2.24, 2.45) is 0 Å². The number of hydrogen-bond acceptors (Lipinski definition) is 5. The number of hydrogen-bond donors (Lipinski definition) is 1. The topological polar surface area (TPSA) is 72.3 Å². The minimum atomic E-state index is -0.182. The Labute approximate surface area is 217 Å². The van der Waals surface area contributed by atoms with Crippen molar-refractivity contribution in [2.75, 3.05) is 36.4 Å². The lowest BCUT2D eigenvalue weighted by molar-refractivity contribution is 0.102. The maximum Gasteiger partial charge on any atom is 0.255 e. The second-order valence-electron chi connectivity index (χ2n) is 9.33. The molecule has 0 saturated carbocycles. The molecular weight excluding hydrogens is 458 g/mol.